The van der Waals surface area contributed by atoms with Gasteiger partial charge in [-0.2, -0.15) is 0 Å². The van der Waals surface area contributed by atoms with Crippen LogP contribution in [0.25, 0.3) is 0 Å². The quantitative estimate of drug-likeness (QED) is 0.667. The molecule has 8 nitrogen and oxygen atoms in total. The molecule has 1 saturated carbocycles. The Morgan fingerprint density at radius 2 is 1.82 bits per heavy atom. The molecule has 2 rings (SSSR count). The first kappa shape index (κ1) is 22.0. The van der Waals surface area contributed by atoms with E-state index in [-0.39, 0.29) is 30.0 Å². The number of hydrogen-bond acceptors (Lipinski definition) is 5. The van der Waals surface area contributed by atoms with Gasteiger partial charge in [-0.05, 0) is 33.1 Å². The maximum atomic E-state index is 13.0. The average Bonchev–Trinajstić information content (AvgIpc) is 2.68. The van der Waals surface area contributed by atoms with E-state index >= 15 is 0 Å². The third kappa shape index (κ3) is 4.97. The molecule has 0 bridgehead atoms. The van der Waals surface area contributed by atoms with Gasteiger partial charge in [-0.25, -0.2) is 4.79 Å². The number of nitrogens with two attached hydrogens (primary N) is 1. The van der Waals surface area contributed by atoms with Crippen LogP contribution in [0.4, 0.5) is 11.5 Å². The van der Waals surface area contributed by atoms with Gasteiger partial charge in [-0.15, -0.1) is 0 Å². The van der Waals surface area contributed by atoms with Crippen molar-refractivity contribution in [1.29, 1.82) is 0 Å². The van der Waals surface area contributed by atoms with Crippen molar-refractivity contribution in [2.45, 2.75) is 78.3 Å². The average molecular weight is 394 g/mol. The lowest BCUT2D eigenvalue weighted by Crippen LogP contribution is -2.48. The van der Waals surface area contributed by atoms with E-state index in [9.17, 15) is 14.4 Å². The molecule has 1 aromatic rings. The van der Waals surface area contributed by atoms with Crippen LogP contribution in [0.5, 0.6) is 0 Å². The van der Waals surface area contributed by atoms with Crippen LogP contribution in [-0.4, -0.2) is 46.0 Å². The number of unbranched alkanes of at least 4 members (excludes halogenated alkanes) is 1. The Balaban J connectivity index is 2.27. The number of hydrogen-bond donors (Lipinski definition) is 2. The van der Waals surface area contributed by atoms with Crippen LogP contribution in [0, 0.1) is 0 Å². The van der Waals surface area contributed by atoms with Gasteiger partial charge in [0.2, 0.25) is 5.91 Å². The first-order valence-electron chi connectivity index (χ1n) is 10.6. The van der Waals surface area contributed by atoms with Crippen molar-refractivity contribution in [3.63, 3.8) is 0 Å². The molecule has 0 radical (unpaired) electrons. The Kier molecular flexibility index (Phi) is 8.14. The molecule has 3 N–H and O–H groups in total. The highest BCUT2D eigenvalue weighted by Gasteiger charge is 2.27. The Morgan fingerprint density at radius 1 is 1.14 bits per heavy atom. The second-order valence-electron chi connectivity index (χ2n) is 7.48. The Hall–Kier alpha value is -2.25. The summed E-state index contributed by atoms with van der Waals surface area (Å²) in [5.74, 6) is 0.138. The second kappa shape index (κ2) is 10.3. The normalized spacial score (nSPS) is 14.8. The van der Waals surface area contributed by atoms with Crippen molar-refractivity contribution in [3.8, 4) is 0 Å². The molecule has 1 aliphatic carbocycles. The summed E-state index contributed by atoms with van der Waals surface area (Å²) >= 11 is 0. The molecule has 0 atom stereocenters. The molecular formula is C20H35N5O3. The summed E-state index contributed by atoms with van der Waals surface area (Å²) in [6.45, 7) is 7.53. The minimum Gasteiger partial charge on any atom is -0.383 e. The zero-order valence-corrected chi connectivity index (χ0v) is 17.5. The van der Waals surface area contributed by atoms with Crippen molar-refractivity contribution in [2.75, 3.05) is 30.3 Å². The van der Waals surface area contributed by atoms with Gasteiger partial charge in [0.15, 0.2) is 0 Å². The molecule has 0 spiro atoms. The lowest BCUT2D eigenvalue weighted by molar-refractivity contribution is -0.132. The number of anilines is 2. The first-order valence-corrected chi connectivity index (χ1v) is 10.6. The number of amides is 1. The Labute approximate surface area is 166 Å². The predicted molar refractivity (Wildman–Crippen MR) is 113 cm³/mol. The fraction of sp³-hybridized carbons (Fsp3) is 0.750. The third-order valence-electron chi connectivity index (χ3n) is 5.65. The topological polar surface area (TPSA) is 104 Å². The summed E-state index contributed by atoms with van der Waals surface area (Å²) < 4.78 is 1.39. The lowest BCUT2D eigenvalue weighted by atomic mass is 9.94. The maximum absolute atomic E-state index is 13.0. The third-order valence-corrected chi connectivity index (χ3v) is 5.65. The van der Waals surface area contributed by atoms with Crippen LogP contribution in [-0.2, 0) is 11.3 Å². The lowest BCUT2D eigenvalue weighted by Gasteiger charge is -2.35. The molecule has 1 heterocycles. The monoisotopic (exact) mass is 393 g/mol. The van der Waals surface area contributed by atoms with Gasteiger partial charge in [-0.3, -0.25) is 19.1 Å². The van der Waals surface area contributed by atoms with E-state index in [1.165, 1.54) is 11.0 Å². The minimum absolute atomic E-state index is 0.00126. The van der Waals surface area contributed by atoms with E-state index in [1.807, 2.05) is 25.7 Å². The summed E-state index contributed by atoms with van der Waals surface area (Å²) in [5, 5.41) is 0. The molecular weight excluding hydrogens is 358 g/mol. The van der Waals surface area contributed by atoms with Gasteiger partial charge in [0.25, 0.3) is 5.56 Å². The fourth-order valence-electron chi connectivity index (χ4n) is 4.06. The van der Waals surface area contributed by atoms with Crippen LogP contribution in [0.2, 0.25) is 0 Å². The van der Waals surface area contributed by atoms with E-state index < -0.39 is 11.2 Å². The van der Waals surface area contributed by atoms with Crippen LogP contribution in [0.15, 0.2) is 9.59 Å². The molecule has 0 aliphatic heterocycles. The number of nitrogen functional groups attached to an aromatic ring is 1. The van der Waals surface area contributed by atoms with E-state index in [2.05, 4.69) is 4.98 Å². The molecule has 0 saturated heterocycles. The van der Waals surface area contributed by atoms with Gasteiger partial charge in [0.1, 0.15) is 11.5 Å². The molecule has 1 aliphatic rings. The number of aromatic nitrogens is 2. The highest BCUT2D eigenvalue weighted by Crippen LogP contribution is 2.23. The zero-order chi connectivity index (χ0) is 20.7. The number of H-pyrrole nitrogens is 1. The molecule has 8 heteroatoms. The van der Waals surface area contributed by atoms with Gasteiger partial charge in [-0.1, -0.05) is 32.6 Å². The first-order chi connectivity index (χ1) is 13.4. The molecule has 28 heavy (non-hydrogen) atoms. The maximum Gasteiger partial charge on any atom is 0.330 e. The van der Waals surface area contributed by atoms with E-state index in [0.29, 0.717) is 19.6 Å². The SMILES string of the molecule is CCCCn1c(N)c(N(CC)CC(=O)N(CC)C2CCCCC2)c(=O)[nH]c1=O. The summed E-state index contributed by atoms with van der Waals surface area (Å²) in [4.78, 5) is 43.6. The number of carbonyl (C=O) groups is 1. The molecule has 1 fully saturated rings. The predicted octanol–water partition coefficient (Wildman–Crippen LogP) is 1.93. The van der Waals surface area contributed by atoms with Gasteiger partial charge < -0.3 is 15.5 Å². The zero-order valence-electron chi connectivity index (χ0n) is 17.5. The number of rotatable bonds is 9. The Morgan fingerprint density at radius 3 is 2.39 bits per heavy atom. The number of nitrogens with one attached hydrogen (secondary N) is 1. The van der Waals surface area contributed by atoms with Crippen LogP contribution >= 0.6 is 0 Å². The van der Waals surface area contributed by atoms with E-state index in [0.717, 1.165) is 38.5 Å². The highest BCUT2D eigenvalue weighted by atomic mass is 16.2. The highest BCUT2D eigenvalue weighted by molar-refractivity contribution is 5.83. The van der Waals surface area contributed by atoms with Gasteiger partial charge >= 0.3 is 5.69 Å². The van der Waals surface area contributed by atoms with Crippen LogP contribution in [0.1, 0.15) is 65.7 Å². The van der Waals surface area contributed by atoms with Crippen LogP contribution in [0.3, 0.4) is 0 Å². The molecule has 0 unspecified atom stereocenters. The fourth-order valence-corrected chi connectivity index (χ4v) is 4.06. The van der Waals surface area contributed by atoms with Crippen molar-refractivity contribution >= 4 is 17.4 Å². The van der Waals surface area contributed by atoms with Crippen LogP contribution < -0.4 is 21.9 Å². The molecule has 1 aromatic heterocycles. The summed E-state index contributed by atoms with van der Waals surface area (Å²) in [7, 11) is 0. The smallest absolute Gasteiger partial charge is 0.330 e. The summed E-state index contributed by atoms with van der Waals surface area (Å²) in [5.41, 5.74) is 5.38. The van der Waals surface area contributed by atoms with Crippen molar-refractivity contribution < 1.29 is 4.79 Å². The second-order valence-corrected chi connectivity index (χ2v) is 7.48. The van der Waals surface area contributed by atoms with Gasteiger partial charge in [0, 0.05) is 25.7 Å². The summed E-state index contributed by atoms with van der Waals surface area (Å²) in [6.07, 6.45) is 7.30. The van der Waals surface area contributed by atoms with Gasteiger partial charge in [0.05, 0.1) is 6.54 Å². The number of aromatic amines is 1. The van der Waals surface area contributed by atoms with Crippen molar-refractivity contribution in [3.05, 3.63) is 20.8 Å². The number of nitrogens with zero attached hydrogens (tertiary/aromatic N) is 3. The van der Waals surface area contributed by atoms with Crippen molar-refractivity contribution in [2.24, 2.45) is 0 Å². The van der Waals surface area contributed by atoms with E-state index in [1.54, 1.807) is 4.90 Å². The standard InChI is InChI=1S/C20H35N5O3/c1-4-7-13-25-18(21)17(19(27)22-20(25)28)23(5-2)14-16(26)24(6-3)15-11-9-8-10-12-15/h15H,4-14,21H2,1-3H3,(H,22,27,28). The summed E-state index contributed by atoms with van der Waals surface area (Å²) in [6, 6.07) is 0.277. The number of carbonyl (C=O) groups excluding carboxylic acids is 1. The molecule has 1 amide bonds. The van der Waals surface area contributed by atoms with E-state index in [4.69, 9.17) is 5.73 Å². The van der Waals surface area contributed by atoms with Crippen molar-refractivity contribution in [1.82, 2.24) is 14.5 Å². The largest absolute Gasteiger partial charge is 0.383 e. The molecule has 0 aromatic carbocycles. The number of likely N-dealkylation sites (N-methyl/N-ethyl adjacent to an activating group) is 2. The Bertz CT molecular complexity index is 764. The minimum atomic E-state index is -0.536. The molecule has 158 valence electrons.